The van der Waals surface area contributed by atoms with Crippen LogP contribution in [0.4, 0.5) is 5.95 Å². The molecule has 0 bridgehead atoms. The molecule has 0 saturated heterocycles. The molecule has 3 aromatic heterocycles. The maximum atomic E-state index is 12.3. The number of aromatic nitrogens is 4. The van der Waals surface area contributed by atoms with Gasteiger partial charge in [0, 0.05) is 48.8 Å². The largest absolute Gasteiger partial charge is 0.361 e. The number of para-hydroxylation sites is 1. The Labute approximate surface area is 162 Å². The number of anilines is 1. The molecule has 0 unspecified atom stereocenters. The average Bonchev–Trinajstić information content (AvgIpc) is 3.16. The van der Waals surface area contributed by atoms with E-state index in [-0.39, 0.29) is 5.91 Å². The first-order valence-electron chi connectivity index (χ1n) is 9.08. The zero-order chi connectivity index (χ0) is 19.2. The molecule has 0 spiro atoms. The summed E-state index contributed by atoms with van der Waals surface area (Å²) in [5.41, 5.74) is 3.67. The van der Waals surface area contributed by atoms with Crippen LogP contribution in [0.25, 0.3) is 10.9 Å². The van der Waals surface area contributed by atoms with Gasteiger partial charge < -0.3 is 15.6 Å². The van der Waals surface area contributed by atoms with E-state index < -0.39 is 0 Å². The van der Waals surface area contributed by atoms with Crippen LogP contribution < -0.4 is 10.6 Å². The maximum Gasteiger partial charge on any atom is 0.270 e. The summed E-state index contributed by atoms with van der Waals surface area (Å²) in [6.45, 7) is 1.10. The molecule has 0 radical (unpaired) electrons. The Morgan fingerprint density at radius 2 is 1.89 bits per heavy atom. The van der Waals surface area contributed by atoms with Crippen molar-refractivity contribution in [2.75, 3.05) is 11.9 Å². The molecule has 1 aromatic carbocycles. The van der Waals surface area contributed by atoms with Crippen molar-refractivity contribution in [3.63, 3.8) is 0 Å². The van der Waals surface area contributed by atoms with Crippen LogP contribution in [0.15, 0.2) is 67.3 Å². The van der Waals surface area contributed by atoms with Crippen molar-refractivity contribution in [1.82, 2.24) is 25.3 Å². The Balaban J connectivity index is 1.33. The second-order valence-corrected chi connectivity index (χ2v) is 6.34. The van der Waals surface area contributed by atoms with Crippen molar-refractivity contribution in [2.24, 2.45) is 0 Å². The first kappa shape index (κ1) is 17.7. The lowest BCUT2D eigenvalue weighted by molar-refractivity contribution is 0.0946. The summed E-state index contributed by atoms with van der Waals surface area (Å²) < 4.78 is 0. The number of hydrogen-bond donors (Lipinski definition) is 3. The van der Waals surface area contributed by atoms with E-state index in [2.05, 4.69) is 42.7 Å². The Hall–Kier alpha value is -3.74. The van der Waals surface area contributed by atoms with Crippen molar-refractivity contribution in [3.05, 3.63) is 84.1 Å². The monoisotopic (exact) mass is 372 g/mol. The summed E-state index contributed by atoms with van der Waals surface area (Å²) in [4.78, 5) is 28.1. The molecule has 7 nitrogen and oxygen atoms in total. The molecule has 3 N–H and O–H groups in total. The minimum Gasteiger partial charge on any atom is -0.361 e. The highest BCUT2D eigenvalue weighted by Crippen LogP contribution is 2.18. The van der Waals surface area contributed by atoms with E-state index in [0.29, 0.717) is 24.7 Å². The lowest BCUT2D eigenvalue weighted by Gasteiger charge is -2.07. The highest BCUT2D eigenvalue weighted by Gasteiger charge is 2.09. The molecule has 0 saturated carbocycles. The molecule has 140 valence electrons. The summed E-state index contributed by atoms with van der Waals surface area (Å²) in [5, 5.41) is 7.26. The topological polar surface area (TPSA) is 95.6 Å². The van der Waals surface area contributed by atoms with Crippen molar-refractivity contribution in [2.45, 2.75) is 13.0 Å². The third-order valence-corrected chi connectivity index (χ3v) is 4.44. The van der Waals surface area contributed by atoms with Crippen LogP contribution in [-0.2, 0) is 13.0 Å². The lowest BCUT2D eigenvalue weighted by Crippen LogP contribution is -2.24. The third kappa shape index (κ3) is 4.15. The number of amides is 1. The van der Waals surface area contributed by atoms with Gasteiger partial charge in [0.25, 0.3) is 5.91 Å². The molecule has 1 amide bonds. The predicted molar refractivity (Wildman–Crippen MR) is 108 cm³/mol. The number of nitrogens with zero attached hydrogens (tertiary/aromatic N) is 3. The van der Waals surface area contributed by atoms with Crippen molar-refractivity contribution in [1.29, 1.82) is 0 Å². The van der Waals surface area contributed by atoms with E-state index >= 15 is 0 Å². The van der Waals surface area contributed by atoms with Crippen LogP contribution in [0.3, 0.4) is 0 Å². The van der Waals surface area contributed by atoms with Crippen LogP contribution in [-0.4, -0.2) is 32.4 Å². The maximum absolute atomic E-state index is 12.3. The van der Waals surface area contributed by atoms with E-state index in [4.69, 9.17) is 0 Å². The van der Waals surface area contributed by atoms with Crippen molar-refractivity contribution >= 4 is 22.8 Å². The molecular formula is C21H20N6O. The molecule has 3 heterocycles. The molecule has 4 rings (SSSR count). The molecule has 0 atom stereocenters. The zero-order valence-electron chi connectivity index (χ0n) is 15.2. The number of pyridine rings is 1. The first-order chi connectivity index (χ1) is 13.8. The van der Waals surface area contributed by atoms with Gasteiger partial charge in [-0.25, -0.2) is 9.97 Å². The van der Waals surface area contributed by atoms with Gasteiger partial charge in [0.2, 0.25) is 5.95 Å². The molecule has 7 heteroatoms. The molecule has 28 heavy (non-hydrogen) atoms. The quantitative estimate of drug-likeness (QED) is 0.464. The van der Waals surface area contributed by atoms with Gasteiger partial charge in [0.15, 0.2) is 0 Å². The van der Waals surface area contributed by atoms with E-state index in [1.165, 1.54) is 10.9 Å². The SMILES string of the molecule is O=C(NCc1ccncc1)c1ccnc(NCCc2c[nH]c3ccccc23)n1. The van der Waals surface area contributed by atoms with Crippen LogP contribution in [0.5, 0.6) is 0 Å². The van der Waals surface area contributed by atoms with Gasteiger partial charge in [-0.15, -0.1) is 0 Å². The lowest BCUT2D eigenvalue weighted by atomic mass is 10.1. The number of aromatic amines is 1. The minimum absolute atomic E-state index is 0.237. The Morgan fingerprint density at radius 3 is 2.79 bits per heavy atom. The van der Waals surface area contributed by atoms with E-state index in [0.717, 1.165) is 17.5 Å². The molecular weight excluding hydrogens is 352 g/mol. The summed E-state index contributed by atoms with van der Waals surface area (Å²) in [5.74, 6) is 0.204. The summed E-state index contributed by atoms with van der Waals surface area (Å²) >= 11 is 0. The smallest absolute Gasteiger partial charge is 0.270 e. The number of hydrogen-bond acceptors (Lipinski definition) is 5. The van der Waals surface area contributed by atoms with Gasteiger partial charge in [-0.3, -0.25) is 9.78 Å². The van der Waals surface area contributed by atoms with Gasteiger partial charge >= 0.3 is 0 Å². The second-order valence-electron chi connectivity index (χ2n) is 6.34. The van der Waals surface area contributed by atoms with Crippen LogP contribution in [0.1, 0.15) is 21.6 Å². The van der Waals surface area contributed by atoms with Gasteiger partial charge in [0.05, 0.1) is 0 Å². The van der Waals surface area contributed by atoms with Gasteiger partial charge in [-0.05, 0) is 41.8 Å². The normalized spacial score (nSPS) is 10.7. The number of H-pyrrole nitrogens is 1. The number of carbonyl (C=O) groups excluding carboxylic acids is 1. The number of benzene rings is 1. The van der Waals surface area contributed by atoms with E-state index in [1.807, 2.05) is 30.5 Å². The van der Waals surface area contributed by atoms with E-state index in [1.54, 1.807) is 24.7 Å². The molecule has 0 aliphatic rings. The predicted octanol–water partition coefficient (Wildman–Crippen LogP) is 2.94. The molecule has 0 fully saturated rings. The van der Waals surface area contributed by atoms with Crippen molar-refractivity contribution in [3.8, 4) is 0 Å². The summed E-state index contributed by atoms with van der Waals surface area (Å²) in [6.07, 6.45) is 7.83. The Kier molecular flexibility index (Phi) is 5.24. The molecule has 0 aliphatic carbocycles. The Bertz CT molecular complexity index is 1080. The highest BCUT2D eigenvalue weighted by atomic mass is 16.1. The number of nitrogens with one attached hydrogen (secondary N) is 3. The first-order valence-corrected chi connectivity index (χ1v) is 9.08. The highest BCUT2D eigenvalue weighted by molar-refractivity contribution is 5.92. The summed E-state index contributed by atoms with van der Waals surface area (Å²) in [7, 11) is 0. The minimum atomic E-state index is -0.237. The average molecular weight is 372 g/mol. The van der Waals surface area contributed by atoms with Gasteiger partial charge in [0.1, 0.15) is 5.69 Å². The fourth-order valence-corrected chi connectivity index (χ4v) is 2.99. The van der Waals surface area contributed by atoms with Gasteiger partial charge in [-0.1, -0.05) is 18.2 Å². The summed E-state index contributed by atoms with van der Waals surface area (Å²) in [6, 6.07) is 13.5. The molecule has 4 aromatic rings. The number of rotatable bonds is 7. The van der Waals surface area contributed by atoms with Crippen LogP contribution in [0.2, 0.25) is 0 Å². The number of carbonyl (C=O) groups is 1. The van der Waals surface area contributed by atoms with Gasteiger partial charge in [-0.2, -0.15) is 0 Å². The molecule has 0 aliphatic heterocycles. The fraction of sp³-hybridized carbons (Fsp3) is 0.143. The van der Waals surface area contributed by atoms with Crippen LogP contribution >= 0.6 is 0 Å². The third-order valence-electron chi connectivity index (χ3n) is 4.44. The number of fused-ring (bicyclic) bond motifs is 1. The fourth-order valence-electron chi connectivity index (χ4n) is 2.99. The second kappa shape index (κ2) is 8.30. The standard InChI is InChI=1S/C21H20N6O/c28-20(26-13-15-5-9-22-10-6-15)19-8-12-24-21(27-19)23-11-7-16-14-25-18-4-2-1-3-17(16)18/h1-6,8-10,12,14,25H,7,11,13H2,(H,26,28)(H,23,24,27). The zero-order valence-corrected chi connectivity index (χ0v) is 15.2. The Morgan fingerprint density at radius 1 is 1.04 bits per heavy atom. The van der Waals surface area contributed by atoms with Crippen LogP contribution in [0, 0.1) is 0 Å². The van der Waals surface area contributed by atoms with E-state index in [9.17, 15) is 4.79 Å². The van der Waals surface area contributed by atoms with Crippen molar-refractivity contribution < 1.29 is 4.79 Å².